The summed E-state index contributed by atoms with van der Waals surface area (Å²) in [6.07, 6.45) is 2.25. The number of nitrogens with zero attached hydrogens (tertiary/aromatic N) is 1. The highest BCUT2D eigenvalue weighted by atomic mass is 16.4. The molecule has 0 aliphatic heterocycles. The first-order chi connectivity index (χ1) is 10.3. The number of benzene rings is 1. The van der Waals surface area contributed by atoms with Crippen molar-refractivity contribution >= 4 is 22.8 Å². The Morgan fingerprint density at radius 2 is 1.95 bits per heavy atom. The molecule has 118 valence electrons. The van der Waals surface area contributed by atoms with Crippen LogP contribution in [-0.2, 0) is 22.6 Å². The molecule has 0 bridgehead atoms. The van der Waals surface area contributed by atoms with E-state index in [9.17, 15) is 9.59 Å². The first kappa shape index (κ1) is 16.1. The lowest BCUT2D eigenvalue weighted by Gasteiger charge is -2.19. The van der Waals surface area contributed by atoms with E-state index in [-0.39, 0.29) is 18.9 Å². The van der Waals surface area contributed by atoms with Crippen molar-refractivity contribution in [3.05, 3.63) is 36.0 Å². The SMILES string of the molecule is CCn1cc(CC(=O)NCC(C)(C)C(=O)O)c2ccccc21. The van der Waals surface area contributed by atoms with E-state index in [1.807, 2.05) is 30.5 Å². The standard InChI is InChI=1S/C17H22N2O3/c1-4-19-10-12(13-7-5-6-8-14(13)19)9-15(20)18-11-17(2,3)16(21)22/h5-8,10H,4,9,11H2,1-3H3,(H,18,20)(H,21,22). The van der Waals surface area contributed by atoms with Gasteiger partial charge in [-0.2, -0.15) is 0 Å². The van der Waals surface area contributed by atoms with Gasteiger partial charge in [0.2, 0.25) is 5.91 Å². The monoisotopic (exact) mass is 302 g/mol. The van der Waals surface area contributed by atoms with Crippen molar-refractivity contribution in [2.75, 3.05) is 6.54 Å². The average molecular weight is 302 g/mol. The van der Waals surface area contributed by atoms with E-state index in [1.54, 1.807) is 13.8 Å². The summed E-state index contributed by atoms with van der Waals surface area (Å²) in [5.41, 5.74) is 1.11. The molecule has 5 heteroatoms. The lowest BCUT2D eigenvalue weighted by Crippen LogP contribution is -2.39. The van der Waals surface area contributed by atoms with Crippen LogP contribution < -0.4 is 5.32 Å². The summed E-state index contributed by atoms with van der Waals surface area (Å²) >= 11 is 0. The zero-order chi connectivity index (χ0) is 16.3. The number of para-hydroxylation sites is 1. The van der Waals surface area contributed by atoms with Gasteiger partial charge in [-0.05, 0) is 32.4 Å². The number of hydrogen-bond donors (Lipinski definition) is 2. The lowest BCUT2D eigenvalue weighted by atomic mass is 9.94. The Labute approximate surface area is 129 Å². The molecule has 0 spiro atoms. The van der Waals surface area contributed by atoms with Crippen molar-refractivity contribution in [2.24, 2.45) is 5.41 Å². The predicted octanol–water partition coefficient (Wildman–Crippen LogP) is 2.43. The van der Waals surface area contributed by atoms with Crippen molar-refractivity contribution < 1.29 is 14.7 Å². The third-order valence-corrected chi connectivity index (χ3v) is 3.87. The number of rotatable bonds is 6. The number of carboxylic acid groups (broad SMARTS) is 1. The number of aromatic nitrogens is 1. The minimum Gasteiger partial charge on any atom is -0.481 e. The van der Waals surface area contributed by atoms with Crippen molar-refractivity contribution in [1.82, 2.24) is 9.88 Å². The van der Waals surface area contributed by atoms with Crippen LogP contribution in [0.4, 0.5) is 0 Å². The van der Waals surface area contributed by atoms with E-state index >= 15 is 0 Å². The second kappa shape index (κ2) is 6.22. The second-order valence-electron chi connectivity index (χ2n) is 6.10. The van der Waals surface area contributed by atoms with Crippen LogP contribution in [-0.4, -0.2) is 28.1 Å². The maximum atomic E-state index is 12.1. The molecule has 0 aliphatic carbocycles. The number of nitrogens with one attached hydrogen (secondary N) is 1. The van der Waals surface area contributed by atoms with E-state index in [2.05, 4.69) is 16.8 Å². The number of carboxylic acids is 1. The molecule has 1 aromatic heterocycles. The first-order valence-electron chi connectivity index (χ1n) is 7.42. The Kier molecular flexibility index (Phi) is 4.54. The number of aryl methyl sites for hydroxylation is 1. The van der Waals surface area contributed by atoms with Gasteiger partial charge in [0.15, 0.2) is 0 Å². The Bertz CT molecular complexity index is 701. The van der Waals surface area contributed by atoms with Crippen molar-refractivity contribution in [1.29, 1.82) is 0 Å². The van der Waals surface area contributed by atoms with Gasteiger partial charge >= 0.3 is 5.97 Å². The Balaban J connectivity index is 2.11. The lowest BCUT2D eigenvalue weighted by molar-refractivity contribution is -0.146. The van der Waals surface area contributed by atoms with Gasteiger partial charge in [-0.1, -0.05) is 18.2 Å². The van der Waals surface area contributed by atoms with Crippen LogP contribution in [0.2, 0.25) is 0 Å². The molecule has 0 aliphatic rings. The quantitative estimate of drug-likeness (QED) is 0.861. The van der Waals surface area contributed by atoms with Crippen LogP contribution in [0.3, 0.4) is 0 Å². The van der Waals surface area contributed by atoms with Crippen LogP contribution >= 0.6 is 0 Å². The van der Waals surface area contributed by atoms with Gasteiger partial charge in [-0.3, -0.25) is 9.59 Å². The topological polar surface area (TPSA) is 71.3 Å². The summed E-state index contributed by atoms with van der Waals surface area (Å²) in [4.78, 5) is 23.2. The minimum absolute atomic E-state index is 0.119. The van der Waals surface area contributed by atoms with Gasteiger partial charge in [0, 0.05) is 30.2 Å². The van der Waals surface area contributed by atoms with Gasteiger partial charge in [0.05, 0.1) is 11.8 Å². The molecule has 2 aromatic rings. The molecule has 0 unspecified atom stereocenters. The molecule has 0 atom stereocenters. The minimum atomic E-state index is -0.965. The zero-order valence-corrected chi connectivity index (χ0v) is 13.2. The molecule has 1 aromatic carbocycles. The summed E-state index contributed by atoms with van der Waals surface area (Å²) in [7, 11) is 0. The summed E-state index contributed by atoms with van der Waals surface area (Å²) in [5.74, 6) is -1.08. The molecular formula is C17H22N2O3. The molecule has 2 N–H and O–H groups in total. The average Bonchev–Trinajstić information content (AvgIpc) is 2.83. The summed E-state index contributed by atoms with van der Waals surface area (Å²) in [6.45, 7) is 6.21. The number of fused-ring (bicyclic) bond motifs is 1. The van der Waals surface area contributed by atoms with Gasteiger partial charge in [-0.15, -0.1) is 0 Å². The fraction of sp³-hybridized carbons (Fsp3) is 0.412. The van der Waals surface area contributed by atoms with E-state index in [0.717, 1.165) is 23.0 Å². The zero-order valence-electron chi connectivity index (χ0n) is 13.2. The maximum Gasteiger partial charge on any atom is 0.310 e. The molecule has 1 heterocycles. The van der Waals surface area contributed by atoms with Crippen LogP contribution in [0.15, 0.2) is 30.5 Å². The smallest absolute Gasteiger partial charge is 0.310 e. The maximum absolute atomic E-state index is 12.1. The molecule has 5 nitrogen and oxygen atoms in total. The third-order valence-electron chi connectivity index (χ3n) is 3.87. The molecule has 0 saturated carbocycles. The molecular weight excluding hydrogens is 280 g/mol. The highest BCUT2D eigenvalue weighted by molar-refractivity contribution is 5.89. The van der Waals surface area contributed by atoms with Gasteiger partial charge in [0.25, 0.3) is 0 Å². The third kappa shape index (κ3) is 3.30. The van der Waals surface area contributed by atoms with Crippen LogP contribution in [0, 0.1) is 5.41 Å². The Morgan fingerprint density at radius 3 is 2.59 bits per heavy atom. The van der Waals surface area contributed by atoms with E-state index in [1.165, 1.54) is 0 Å². The normalized spacial score (nSPS) is 11.6. The fourth-order valence-electron chi connectivity index (χ4n) is 2.36. The number of carbonyl (C=O) groups excluding carboxylic acids is 1. The highest BCUT2D eigenvalue weighted by Crippen LogP contribution is 2.22. The Hall–Kier alpha value is -2.30. The molecule has 2 rings (SSSR count). The Morgan fingerprint density at radius 1 is 1.27 bits per heavy atom. The van der Waals surface area contributed by atoms with Gasteiger partial charge in [-0.25, -0.2) is 0 Å². The predicted molar refractivity (Wildman–Crippen MR) is 85.7 cm³/mol. The van der Waals surface area contributed by atoms with Gasteiger partial charge in [0.1, 0.15) is 0 Å². The summed E-state index contributed by atoms with van der Waals surface area (Å²) in [5, 5.41) is 12.8. The molecule has 22 heavy (non-hydrogen) atoms. The van der Waals surface area contributed by atoms with E-state index < -0.39 is 11.4 Å². The van der Waals surface area contributed by atoms with Crippen LogP contribution in [0.1, 0.15) is 26.3 Å². The fourth-order valence-corrected chi connectivity index (χ4v) is 2.36. The number of carbonyl (C=O) groups is 2. The number of amides is 1. The second-order valence-corrected chi connectivity index (χ2v) is 6.10. The summed E-state index contributed by atoms with van der Waals surface area (Å²) < 4.78 is 2.11. The molecule has 0 saturated heterocycles. The van der Waals surface area contributed by atoms with Crippen LogP contribution in [0.25, 0.3) is 10.9 Å². The van der Waals surface area contributed by atoms with Gasteiger partial charge < -0.3 is 15.0 Å². The van der Waals surface area contributed by atoms with Crippen LogP contribution in [0.5, 0.6) is 0 Å². The molecule has 0 fully saturated rings. The number of hydrogen-bond acceptors (Lipinski definition) is 2. The molecule has 0 radical (unpaired) electrons. The summed E-state index contributed by atoms with van der Waals surface area (Å²) in [6, 6.07) is 7.98. The molecule has 1 amide bonds. The van der Waals surface area contributed by atoms with Crippen molar-refractivity contribution in [3.8, 4) is 0 Å². The largest absolute Gasteiger partial charge is 0.481 e. The van der Waals surface area contributed by atoms with Crippen molar-refractivity contribution in [3.63, 3.8) is 0 Å². The first-order valence-corrected chi connectivity index (χ1v) is 7.42. The van der Waals surface area contributed by atoms with Crippen molar-refractivity contribution in [2.45, 2.75) is 33.7 Å². The highest BCUT2D eigenvalue weighted by Gasteiger charge is 2.27. The van der Waals surface area contributed by atoms with E-state index in [4.69, 9.17) is 5.11 Å². The van der Waals surface area contributed by atoms with E-state index in [0.29, 0.717) is 0 Å². The number of aliphatic carboxylic acids is 1.